The van der Waals surface area contributed by atoms with Crippen molar-refractivity contribution >= 4 is 0 Å². The molecule has 2 rings (SSSR count). The largest absolute Gasteiger partial charge is 0.435 e. The van der Waals surface area contributed by atoms with Gasteiger partial charge in [0.2, 0.25) is 0 Å². The molecule has 0 radical (unpaired) electrons. The van der Waals surface area contributed by atoms with Gasteiger partial charge < -0.3 is 15.2 Å². The van der Waals surface area contributed by atoms with E-state index in [9.17, 15) is 17.6 Å². The fourth-order valence-corrected chi connectivity index (χ4v) is 2.61. The number of rotatable bonds is 6. The van der Waals surface area contributed by atoms with Gasteiger partial charge in [-0.3, -0.25) is 4.90 Å². The Labute approximate surface area is 125 Å². The molecule has 4 nitrogen and oxygen atoms in total. The summed E-state index contributed by atoms with van der Waals surface area (Å²) in [5.41, 5.74) is 0.138. The van der Waals surface area contributed by atoms with Crippen LogP contribution in [0.4, 0.5) is 17.6 Å². The van der Waals surface area contributed by atoms with Crippen molar-refractivity contribution in [2.45, 2.75) is 18.6 Å². The first-order chi connectivity index (χ1) is 10.4. The monoisotopic (exact) mass is 322 g/mol. The molecular weight excluding hydrogens is 304 g/mol. The van der Waals surface area contributed by atoms with E-state index in [2.05, 4.69) is 10.1 Å². The second kappa shape index (κ2) is 7.26. The first-order valence-corrected chi connectivity index (χ1v) is 6.92. The molecule has 22 heavy (non-hydrogen) atoms. The minimum Gasteiger partial charge on any atom is -0.435 e. The van der Waals surface area contributed by atoms with Gasteiger partial charge in [-0.25, -0.2) is 8.78 Å². The summed E-state index contributed by atoms with van der Waals surface area (Å²) in [6.45, 7) is -2.50. The molecule has 1 saturated heterocycles. The van der Waals surface area contributed by atoms with Crippen LogP contribution in [-0.4, -0.2) is 55.3 Å². The molecule has 0 bridgehead atoms. The Morgan fingerprint density at radius 1 is 1.27 bits per heavy atom. The molecule has 0 saturated carbocycles. The number of halogens is 4. The van der Waals surface area contributed by atoms with Crippen LogP contribution >= 0.6 is 0 Å². The van der Waals surface area contributed by atoms with Gasteiger partial charge in [-0.2, -0.15) is 8.78 Å². The lowest BCUT2D eigenvalue weighted by Crippen LogP contribution is -2.51. The maximum absolute atomic E-state index is 14.2. The SMILES string of the molecule is OCC(F)(F)[C@@H](c1cccc(OC(F)F)c1)N1CCNCC1. The summed E-state index contributed by atoms with van der Waals surface area (Å²) in [7, 11) is 0. The predicted octanol–water partition coefficient (Wildman–Crippen LogP) is 1.86. The van der Waals surface area contributed by atoms with E-state index in [1.54, 1.807) is 0 Å². The molecule has 1 atom stereocenters. The quantitative estimate of drug-likeness (QED) is 0.785. The van der Waals surface area contributed by atoms with Crippen LogP contribution in [0, 0.1) is 0 Å². The summed E-state index contributed by atoms with van der Waals surface area (Å²) < 4.78 is 57.2. The van der Waals surface area contributed by atoms with Crippen LogP contribution in [0.3, 0.4) is 0 Å². The minimum absolute atomic E-state index is 0.138. The van der Waals surface area contributed by atoms with Gasteiger partial charge in [0.1, 0.15) is 18.4 Å². The molecule has 1 aliphatic heterocycles. The average Bonchev–Trinajstić information content (AvgIpc) is 2.48. The van der Waals surface area contributed by atoms with Gasteiger partial charge >= 0.3 is 6.61 Å². The highest BCUT2D eigenvalue weighted by Crippen LogP contribution is 2.37. The van der Waals surface area contributed by atoms with E-state index in [0.29, 0.717) is 26.2 Å². The van der Waals surface area contributed by atoms with E-state index in [-0.39, 0.29) is 11.3 Å². The minimum atomic E-state index is -3.39. The van der Waals surface area contributed by atoms with Crippen LogP contribution in [0.1, 0.15) is 11.6 Å². The number of nitrogens with one attached hydrogen (secondary N) is 1. The van der Waals surface area contributed by atoms with E-state index in [0.717, 1.165) is 0 Å². The number of hydrogen-bond donors (Lipinski definition) is 2. The highest BCUT2D eigenvalue weighted by Gasteiger charge is 2.44. The van der Waals surface area contributed by atoms with Gasteiger partial charge in [0, 0.05) is 26.2 Å². The van der Waals surface area contributed by atoms with Crippen LogP contribution in [0.25, 0.3) is 0 Å². The molecule has 1 aliphatic rings. The number of hydrogen-bond acceptors (Lipinski definition) is 4. The van der Waals surface area contributed by atoms with Crippen LogP contribution in [0.5, 0.6) is 5.75 Å². The van der Waals surface area contributed by atoms with Crippen LogP contribution in [-0.2, 0) is 0 Å². The average molecular weight is 322 g/mol. The van der Waals surface area contributed by atoms with E-state index in [1.807, 2.05) is 0 Å². The number of aliphatic hydroxyl groups is 1. The Bertz CT molecular complexity index is 482. The number of alkyl halides is 4. The van der Waals surface area contributed by atoms with Gasteiger partial charge in [-0.1, -0.05) is 12.1 Å². The van der Waals surface area contributed by atoms with Crippen LogP contribution in [0.2, 0.25) is 0 Å². The molecular formula is C14H18F4N2O2. The molecule has 2 N–H and O–H groups in total. The van der Waals surface area contributed by atoms with E-state index >= 15 is 0 Å². The van der Waals surface area contributed by atoms with Gasteiger partial charge in [0.05, 0.1) is 0 Å². The predicted molar refractivity (Wildman–Crippen MR) is 72.3 cm³/mol. The molecule has 0 unspecified atom stereocenters. The van der Waals surface area contributed by atoms with Crippen LogP contribution in [0.15, 0.2) is 24.3 Å². The van der Waals surface area contributed by atoms with Crippen molar-refractivity contribution in [3.05, 3.63) is 29.8 Å². The molecule has 0 amide bonds. The zero-order chi connectivity index (χ0) is 16.2. The second-order valence-electron chi connectivity index (χ2n) is 5.06. The lowest BCUT2D eigenvalue weighted by Gasteiger charge is -2.38. The van der Waals surface area contributed by atoms with Crippen molar-refractivity contribution in [1.29, 1.82) is 0 Å². The molecule has 1 aromatic carbocycles. The lowest BCUT2D eigenvalue weighted by molar-refractivity contribution is -0.118. The third-order valence-electron chi connectivity index (χ3n) is 3.53. The lowest BCUT2D eigenvalue weighted by atomic mass is 9.98. The smallest absolute Gasteiger partial charge is 0.387 e. The number of piperazine rings is 1. The molecule has 0 spiro atoms. The summed E-state index contributed by atoms with van der Waals surface area (Å²) in [5.74, 6) is -3.57. The third kappa shape index (κ3) is 4.08. The molecule has 1 heterocycles. The number of ether oxygens (including phenoxy) is 1. The van der Waals surface area contributed by atoms with Gasteiger partial charge in [-0.05, 0) is 17.7 Å². The standard InChI is InChI=1S/C14H18F4N2O2/c15-13(16)22-11-3-1-2-10(8-11)12(14(17,18)9-21)20-6-4-19-5-7-20/h1-3,8,12-13,19,21H,4-7,9H2/t12-/m1/s1. The Hall–Kier alpha value is -1.38. The van der Waals surface area contributed by atoms with Crippen molar-refractivity contribution in [1.82, 2.24) is 10.2 Å². The summed E-state index contributed by atoms with van der Waals surface area (Å²) in [5, 5.41) is 12.1. The van der Waals surface area contributed by atoms with Crippen molar-refractivity contribution < 1.29 is 27.4 Å². The molecule has 1 fully saturated rings. The highest BCUT2D eigenvalue weighted by molar-refractivity contribution is 5.32. The summed E-state index contributed by atoms with van der Waals surface area (Å²) in [4.78, 5) is 1.54. The van der Waals surface area contributed by atoms with Gasteiger partial charge in [0.25, 0.3) is 5.92 Å². The Morgan fingerprint density at radius 3 is 2.55 bits per heavy atom. The summed E-state index contributed by atoms with van der Waals surface area (Å²) >= 11 is 0. The molecule has 1 aromatic rings. The van der Waals surface area contributed by atoms with Gasteiger partial charge in [0.15, 0.2) is 0 Å². The third-order valence-corrected chi connectivity index (χ3v) is 3.53. The number of nitrogens with zero attached hydrogens (tertiary/aromatic N) is 1. The number of benzene rings is 1. The molecule has 0 aliphatic carbocycles. The van der Waals surface area contributed by atoms with E-state index in [4.69, 9.17) is 5.11 Å². The Morgan fingerprint density at radius 2 is 1.95 bits per heavy atom. The second-order valence-corrected chi connectivity index (χ2v) is 5.06. The highest BCUT2D eigenvalue weighted by atomic mass is 19.3. The van der Waals surface area contributed by atoms with Gasteiger partial charge in [-0.15, -0.1) is 0 Å². The molecule has 124 valence electrons. The first kappa shape index (κ1) is 17.0. The fraction of sp³-hybridized carbons (Fsp3) is 0.571. The zero-order valence-electron chi connectivity index (χ0n) is 11.8. The van der Waals surface area contributed by atoms with Crippen LogP contribution < -0.4 is 10.1 Å². The fourth-order valence-electron chi connectivity index (χ4n) is 2.61. The van der Waals surface area contributed by atoms with Crippen molar-refractivity contribution in [2.24, 2.45) is 0 Å². The Kier molecular flexibility index (Phi) is 5.60. The molecule has 0 aromatic heterocycles. The maximum Gasteiger partial charge on any atom is 0.387 e. The van der Waals surface area contributed by atoms with Crippen molar-refractivity contribution in [3.63, 3.8) is 0 Å². The normalized spacial score (nSPS) is 18.5. The first-order valence-electron chi connectivity index (χ1n) is 6.92. The van der Waals surface area contributed by atoms with Crippen molar-refractivity contribution in [2.75, 3.05) is 32.8 Å². The molecule has 8 heteroatoms. The van der Waals surface area contributed by atoms with Crippen molar-refractivity contribution in [3.8, 4) is 5.75 Å². The van der Waals surface area contributed by atoms with E-state index in [1.165, 1.54) is 29.2 Å². The Balaban J connectivity index is 2.31. The topological polar surface area (TPSA) is 44.7 Å². The zero-order valence-corrected chi connectivity index (χ0v) is 11.8. The summed E-state index contributed by atoms with van der Waals surface area (Å²) in [6.07, 6.45) is 0. The maximum atomic E-state index is 14.2. The number of aliphatic hydroxyl groups excluding tert-OH is 1. The summed E-state index contributed by atoms with van der Waals surface area (Å²) in [6, 6.07) is 3.87. The van der Waals surface area contributed by atoms with E-state index < -0.39 is 25.2 Å².